The van der Waals surface area contributed by atoms with Gasteiger partial charge in [0.2, 0.25) is 0 Å². The monoisotopic (exact) mass is 453 g/mol. The summed E-state index contributed by atoms with van der Waals surface area (Å²) < 4.78 is 16.0. The first-order valence-corrected chi connectivity index (χ1v) is 11.2. The molecule has 32 heavy (non-hydrogen) atoms. The maximum Gasteiger partial charge on any atom is 0.299 e. The van der Waals surface area contributed by atoms with E-state index in [0.717, 1.165) is 48.1 Å². The summed E-state index contributed by atoms with van der Waals surface area (Å²) in [6, 6.07) is 3.80. The SMILES string of the molecule is COc1cc(NC2=NCCCN2)c(C)cc1Oc1nc(-c2cnc(C(C)(C)C)nc2)ns1. The first-order chi connectivity index (χ1) is 15.3. The van der Waals surface area contributed by atoms with Gasteiger partial charge >= 0.3 is 0 Å². The number of aromatic nitrogens is 4. The number of hydrogen-bond acceptors (Lipinski definition) is 10. The summed E-state index contributed by atoms with van der Waals surface area (Å²) in [6.45, 7) is 9.94. The molecule has 1 aromatic carbocycles. The van der Waals surface area contributed by atoms with E-state index in [4.69, 9.17) is 9.47 Å². The first-order valence-electron chi connectivity index (χ1n) is 10.4. The fourth-order valence-electron chi connectivity index (χ4n) is 3.07. The Bertz CT molecular complexity index is 1120. The lowest BCUT2D eigenvalue weighted by atomic mass is 9.96. The molecule has 0 saturated carbocycles. The van der Waals surface area contributed by atoms with E-state index in [0.29, 0.717) is 22.5 Å². The van der Waals surface area contributed by atoms with Crippen LogP contribution in [0.3, 0.4) is 0 Å². The van der Waals surface area contributed by atoms with Gasteiger partial charge < -0.3 is 20.1 Å². The summed E-state index contributed by atoms with van der Waals surface area (Å²) in [5, 5.41) is 6.99. The molecule has 168 valence electrons. The Morgan fingerprint density at radius 2 is 1.91 bits per heavy atom. The van der Waals surface area contributed by atoms with Crippen molar-refractivity contribution < 1.29 is 9.47 Å². The third-order valence-electron chi connectivity index (χ3n) is 4.85. The van der Waals surface area contributed by atoms with Crippen LogP contribution in [0.2, 0.25) is 0 Å². The van der Waals surface area contributed by atoms with Gasteiger partial charge in [-0.05, 0) is 25.0 Å². The molecular weight excluding hydrogens is 426 g/mol. The van der Waals surface area contributed by atoms with Crippen molar-refractivity contribution in [2.45, 2.75) is 39.5 Å². The smallest absolute Gasteiger partial charge is 0.299 e. The summed E-state index contributed by atoms with van der Waals surface area (Å²) in [4.78, 5) is 17.8. The lowest BCUT2D eigenvalue weighted by Crippen LogP contribution is -2.35. The second-order valence-corrected chi connectivity index (χ2v) is 9.20. The molecule has 2 aromatic heterocycles. The average Bonchev–Trinajstić information content (AvgIpc) is 3.24. The minimum Gasteiger partial charge on any atom is -0.493 e. The van der Waals surface area contributed by atoms with Crippen molar-refractivity contribution in [2.24, 2.45) is 4.99 Å². The van der Waals surface area contributed by atoms with E-state index in [1.54, 1.807) is 19.5 Å². The predicted molar refractivity (Wildman–Crippen MR) is 126 cm³/mol. The zero-order valence-corrected chi connectivity index (χ0v) is 19.7. The molecule has 0 amide bonds. The first kappa shape index (κ1) is 21.9. The molecule has 0 aliphatic carbocycles. The van der Waals surface area contributed by atoms with E-state index >= 15 is 0 Å². The van der Waals surface area contributed by atoms with Crippen LogP contribution in [-0.2, 0) is 5.41 Å². The number of anilines is 1. The molecule has 0 atom stereocenters. The Kier molecular flexibility index (Phi) is 6.22. The van der Waals surface area contributed by atoms with Gasteiger partial charge in [-0.1, -0.05) is 20.8 Å². The summed E-state index contributed by atoms with van der Waals surface area (Å²) in [6.07, 6.45) is 4.52. The van der Waals surface area contributed by atoms with Crippen LogP contribution in [0, 0.1) is 6.92 Å². The van der Waals surface area contributed by atoms with E-state index in [1.807, 2.05) is 19.1 Å². The van der Waals surface area contributed by atoms with Crippen molar-refractivity contribution in [3.8, 4) is 28.1 Å². The average molecular weight is 454 g/mol. The third-order valence-corrected chi connectivity index (χ3v) is 5.44. The number of ether oxygens (including phenoxy) is 2. The Balaban J connectivity index is 1.52. The van der Waals surface area contributed by atoms with Crippen LogP contribution < -0.4 is 20.1 Å². The summed E-state index contributed by atoms with van der Waals surface area (Å²) in [5.74, 6) is 3.22. The Morgan fingerprint density at radius 3 is 2.56 bits per heavy atom. The summed E-state index contributed by atoms with van der Waals surface area (Å²) in [7, 11) is 1.61. The Labute approximate surface area is 191 Å². The minimum atomic E-state index is -0.114. The summed E-state index contributed by atoms with van der Waals surface area (Å²) in [5.41, 5.74) is 2.52. The minimum absolute atomic E-state index is 0.114. The third kappa shape index (κ3) is 4.96. The molecule has 10 heteroatoms. The molecule has 0 unspecified atom stereocenters. The van der Waals surface area contributed by atoms with Crippen molar-refractivity contribution in [1.82, 2.24) is 24.6 Å². The number of nitrogens with zero attached hydrogens (tertiary/aromatic N) is 5. The second kappa shape index (κ2) is 9.07. The fraction of sp³-hybridized carbons (Fsp3) is 0.409. The largest absolute Gasteiger partial charge is 0.493 e. The van der Waals surface area contributed by atoms with E-state index in [9.17, 15) is 0 Å². The van der Waals surface area contributed by atoms with Crippen LogP contribution in [0.1, 0.15) is 38.6 Å². The lowest BCUT2D eigenvalue weighted by Gasteiger charge is -2.18. The van der Waals surface area contributed by atoms with Gasteiger partial charge in [0.1, 0.15) is 5.82 Å². The highest BCUT2D eigenvalue weighted by Gasteiger charge is 2.19. The summed E-state index contributed by atoms with van der Waals surface area (Å²) >= 11 is 1.17. The zero-order valence-electron chi connectivity index (χ0n) is 18.9. The molecule has 0 saturated heterocycles. The van der Waals surface area contributed by atoms with Crippen molar-refractivity contribution in [1.29, 1.82) is 0 Å². The molecule has 0 radical (unpaired) electrons. The molecule has 2 N–H and O–H groups in total. The molecule has 0 fully saturated rings. The second-order valence-electron chi connectivity index (χ2n) is 8.48. The number of hydrogen-bond donors (Lipinski definition) is 2. The number of rotatable bonds is 5. The Morgan fingerprint density at radius 1 is 1.12 bits per heavy atom. The number of benzene rings is 1. The van der Waals surface area contributed by atoms with Crippen LogP contribution >= 0.6 is 11.5 Å². The quantitative estimate of drug-likeness (QED) is 0.593. The molecule has 3 heterocycles. The van der Waals surface area contributed by atoms with Crippen LogP contribution in [0.5, 0.6) is 16.7 Å². The highest BCUT2D eigenvalue weighted by molar-refractivity contribution is 7.07. The number of guanidine groups is 1. The Hall–Kier alpha value is -3.27. The molecule has 4 rings (SSSR count). The van der Waals surface area contributed by atoms with Crippen molar-refractivity contribution in [2.75, 3.05) is 25.5 Å². The molecule has 3 aromatic rings. The predicted octanol–water partition coefficient (Wildman–Crippen LogP) is 4.16. The molecule has 9 nitrogen and oxygen atoms in total. The van der Waals surface area contributed by atoms with Gasteiger partial charge in [-0.2, -0.15) is 9.36 Å². The van der Waals surface area contributed by atoms with Crippen LogP contribution in [0.25, 0.3) is 11.4 Å². The van der Waals surface area contributed by atoms with E-state index in [1.165, 1.54) is 11.5 Å². The van der Waals surface area contributed by atoms with Crippen LogP contribution in [0.15, 0.2) is 29.5 Å². The number of methoxy groups -OCH3 is 1. The van der Waals surface area contributed by atoms with Gasteiger partial charge in [0.05, 0.1) is 12.7 Å². The van der Waals surface area contributed by atoms with Gasteiger partial charge in [-0.3, -0.25) is 4.99 Å². The van der Waals surface area contributed by atoms with Crippen molar-refractivity contribution in [3.05, 3.63) is 35.9 Å². The number of aryl methyl sites for hydroxylation is 1. The maximum atomic E-state index is 6.01. The highest BCUT2D eigenvalue weighted by atomic mass is 32.1. The molecule has 1 aliphatic heterocycles. The van der Waals surface area contributed by atoms with Crippen LogP contribution in [0.4, 0.5) is 5.69 Å². The maximum absolute atomic E-state index is 6.01. The van der Waals surface area contributed by atoms with E-state index in [2.05, 4.69) is 55.7 Å². The number of nitrogens with one attached hydrogen (secondary N) is 2. The normalized spacial score (nSPS) is 13.8. The molecule has 1 aliphatic rings. The van der Waals surface area contributed by atoms with Crippen molar-refractivity contribution in [3.63, 3.8) is 0 Å². The standard InChI is InChI=1S/C22H27N7O2S/c1-13-9-17(16(30-5)10-15(13)27-20-23-7-6-8-24-20)31-21-28-18(29-32-21)14-11-25-19(26-12-14)22(2,3)4/h9-12H,6-8H2,1-5H3,(H2,23,24,27). The van der Waals surface area contributed by atoms with Gasteiger partial charge in [0.15, 0.2) is 23.3 Å². The topological polar surface area (TPSA) is 106 Å². The molecular formula is C22H27N7O2S. The van der Waals surface area contributed by atoms with Gasteiger partial charge in [0, 0.05) is 54.2 Å². The van der Waals surface area contributed by atoms with Crippen LogP contribution in [-0.4, -0.2) is 45.5 Å². The zero-order chi connectivity index (χ0) is 22.7. The van der Waals surface area contributed by atoms with Crippen molar-refractivity contribution >= 4 is 23.2 Å². The van der Waals surface area contributed by atoms with E-state index in [-0.39, 0.29) is 5.41 Å². The molecule has 0 bridgehead atoms. The number of aliphatic imine (C=N–C) groups is 1. The lowest BCUT2D eigenvalue weighted by molar-refractivity contribution is 0.378. The molecule has 0 spiro atoms. The van der Waals surface area contributed by atoms with E-state index < -0.39 is 0 Å². The fourth-order valence-corrected chi connectivity index (χ4v) is 3.64. The highest BCUT2D eigenvalue weighted by Crippen LogP contribution is 2.37. The van der Waals surface area contributed by atoms with Gasteiger partial charge in [-0.15, -0.1) is 0 Å². The van der Waals surface area contributed by atoms with Gasteiger partial charge in [0.25, 0.3) is 5.19 Å². The van der Waals surface area contributed by atoms with Gasteiger partial charge in [-0.25, -0.2) is 9.97 Å².